The first kappa shape index (κ1) is 33.5. The third kappa shape index (κ3) is 8.10. The predicted octanol–water partition coefficient (Wildman–Crippen LogP) is 1.28. The number of benzene rings is 3. The van der Waals surface area contributed by atoms with E-state index in [0.717, 1.165) is 0 Å². The van der Waals surface area contributed by atoms with Gasteiger partial charge < -0.3 is 57.1 Å². The van der Waals surface area contributed by atoms with Crippen molar-refractivity contribution >= 4 is 15.7 Å². The molecule has 0 aliphatic carbocycles. The van der Waals surface area contributed by atoms with Gasteiger partial charge >= 0.3 is 0 Å². The quantitative estimate of drug-likeness (QED) is 0.113. The van der Waals surface area contributed by atoms with Crippen molar-refractivity contribution in [3.8, 4) is 34.5 Å². The van der Waals surface area contributed by atoms with Crippen LogP contribution in [0.1, 0.15) is 23.5 Å². The highest BCUT2D eigenvalue weighted by atomic mass is 32.2. The second kappa shape index (κ2) is 15.0. The molecule has 0 atom stereocenters. The Hall–Kier alpha value is -3.99. The molecule has 0 radical (unpaired) electrons. The molecule has 3 aromatic rings. The second-order valence-corrected chi connectivity index (χ2v) is 11.2. The highest BCUT2D eigenvalue weighted by Gasteiger charge is 2.26. The molecule has 0 amide bonds. The number of anilines is 1. The number of nitrogen functional groups attached to an aromatic ring is 1. The van der Waals surface area contributed by atoms with Crippen molar-refractivity contribution in [3.05, 3.63) is 59.7 Å². The van der Waals surface area contributed by atoms with E-state index in [9.17, 15) is 8.42 Å². The van der Waals surface area contributed by atoms with Gasteiger partial charge in [0.25, 0.3) is 0 Å². The molecule has 0 saturated carbocycles. The van der Waals surface area contributed by atoms with E-state index in [4.69, 9.17) is 57.1 Å². The van der Waals surface area contributed by atoms with E-state index in [-0.39, 0.29) is 42.7 Å². The van der Waals surface area contributed by atoms with E-state index in [1.54, 1.807) is 24.3 Å². The van der Waals surface area contributed by atoms with Gasteiger partial charge in [-0.25, -0.2) is 8.42 Å². The van der Waals surface area contributed by atoms with Crippen LogP contribution in [0.15, 0.2) is 53.4 Å². The minimum atomic E-state index is -4.00. The number of rotatable bonds is 16. The second-order valence-electron chi connectivity index (χ2n) is 9.23. The van der Waals surface area contributed by atoms with Gasteiger partial charge in [-0.3, -0.25) is 0 Å². The molecule has 3 rings (SSSR count). The van der Waals surface area contributed by atoms with E-state index in [0.29, 0.717) is 39.8 Å². The van der Waals surface area contributed by atoms with Crippen LogP contribution in [0.25, 0.3) is 0 Å². The van der Waals surface area contributed by atoms with Crippen LogP contribution >= 0.6 is 0 Å². The van der Waals surface area contributed by atoms with Crippen molar-refractivity contribution in [3.63, 3.8) is 0 Å². The summed E-state index contributed by atoms with van der Waals surface area (Å²) in [6.07, 6.45) is -1.53. The third-order valence-electron chi connectivity index (χ3n) is 6.43. The molecule has 0 saturated heterocycles. The maximum atomic E-state index is 13.7. The Labute approximate surface area is 251 Å². The lowest BCUT2D eigenvalue weighted by molar-refractivity contribution is 0.219. The number of ether oxygens (including phenoxy) is 6. The van der Waals surface area contributed by atoms with E-state index in [1.807, 2.05) is 0 Å². The van der Waals surface area contributed by atoms with Crippen LogP contribution in [0.2, 0.25) is 0 Å². The van der Waals surface area contributed by atoms with Gasteiger partial charge in [0.1, 0.15) is 13.2 Å². The molecule has 0 spiro atoms. The lowest BCUT2D eigenvalue weighted by Gasteiger charge is -2.24. The minimum absolute atomic E-state index is 0.0506. The normalized spacial score (nSPS) is 11.6. The maximum Gasteiger partial charge on any atom is 0.243 e. The van der Waals surface area contributed by atoms with Crippen LogP contribution < -0.4 is 57.1 Å². The van der Waals surface area contributed by atoms with Gasteiger partial charge in [-0.05, 0) is 59.7 Å². The summed E-state index contributed by atoms with van der Waals surface area (Å²) in [6.45, 7) is -0.249. The molecule has 43 heavy (non-hydrogen) atoms. The molecule has 0 aliphatic rings. The van der Waals surface area contributed by atoms with Crippen molar-refractivity contribution in [2.75, 3.05) is 60.5 Å². The first-order valence-electron chi connectivity index (χ1n) is 13.1. The zero-order valence-corrected chi connectivity index (χ0v) is 25.4. The van der Waals surface area contributed by atoms with Crippen LogP contribution in [-0.4, -0.2) is 67.5 Å². The molecule has 15 heteroatoms. The Bertz CT molecular complexity index is 1350. The number of hydrogen-bond acceptors (Lipinski definition) is 13. The van der Waals surface area contributed by atoms with E-state index in [1.165, 1.54) is 57.0 Å². The van der Waals surface area contributed by atoms with Gasteiger partial charge in [0.05, 0.1) is 45.7 Å². The standard InChI is InChI=1S/C28H40N6O8S/c1-37-21-13-17(27(30)31)14-22(38-2)25(21)41-11-9-34(43(35,36)20-7-5-19(29)6-8-20)10-12-42-26-23(39-3)15-18(28(32)33)16-24(26)40-4/h5-8,13-16,27-28H,9-12,29-33H2,1-4H3. The fourth-order valence-corrected chi connectivity index (χ4v) is 5.52. The summed E-state index contributed by atoms with van der Waals surface area (Å²) in [6, 6.07) is 12.4. The van der Waals surface area contributed by atoms with Crippen LogP contribution in [0.4, 0.5) is 5.69 Å². The van der Waals surface area contributed by atoms with Crippen molar-refractivity contribution in [2.45, 2.75) is 17.2 Å². The number of sulfonamides is 1. The summed E-state index contributed by atoms with van der Waals surface area (Å²) in [5.41, 5.74) is 30.6. The van der Waals surface area contributed by atoms with Crippen molar-refractivity contribution in [1.82, 2.24) is 4.31 Å². The SMILES string of the molecule is COc1cc(C(N)N)cc(OC)c1OCCN(CCOc1c(OC)cc(C(N)N)cc1OC)S(=O)(=O)c1ccc(N)cc1. The van der Waals surface area contributed by atoms with E-state index < -0.39 is 22.4 Å². The zero-order chi connectivity index (χ0) is 31.7. The lowest BCUT2D eigenvalue weighted by atomic mass is 10.1. The monoisotopic (exact) mass is 620 g/mol. The molecule has 0 unspecified atom stereocenters. The number of methoxy groups -OCH3 is 4. The predicted molar refractivity (Wildman–Crippen MR) is 162 cm³/mol. The smallest absolute Gasteiger partial charge is 0.243 e. The average molecular weight is 621 g/mol. The molecule has 14 nitrogen and oxygen atoms in total. The molecule has 0 bridgehead atoms. The molecule has 0 aromatic heterocycles. The van der Waals surface area contributed by atoms with Gasteiger partial charge in [0.2, 0.25) is 21.5 Å². The third-order valence-corrected chi connectivity index (χ3v) is 8.34. The van der Waals surface area contributed by atoms with Crippen molar-refractivity contribution in [2.24, 2.45) is 22.9 Å². The minimum Gasteiger partial charge on any atom is -0.493 e. The molecule has 0 aliphatic heterocycles. The van der Waals surface area contributed by atoms with Crippen LogP contribution in [0.5, 0.6) is 34.5 Å². The molecule has 10 N–H and O–H groups in total. The van der Waals surface area contributed by atoms with Gasteiger partial charge in [-0.1, -0.05) is 0 Å². The van der Waals surface area contributed by atoms with Crippen molar-refractivity contribution < 1.29 is 36.8 Å². The van der Waals surface area contributed by atoms with E-state index in [2.05, 4.69) is 0 Å². The summed E-state index contributed by atoms with van der Waals surface area (Å²) in [7, 11) is 1.83. The van der Waals surface area contributed by atoms with Crippen molar-refractivity contribution in [1.29, 1.82) is 0 Å². The van der Waals surface area contributed by atoms with Gasteiger partial charge in [-0.15, -0.1) is 0 Å². The van der Waals surface area contributed by atoms with Gasteiger partial charge in [-0.2, -0.15) is 4.31 Å². The first-order chi connectivity index (χ1) is 20.5. The molecule has 3 aromatic carbocycles. The van der Waals surface area contributed by atoms with Crippen LogP contribution in [0.3, 0.4) is 0 Å². The highest BCUT2D eigenvalue weighted by molar-refractivity contribution is 7.89. The van der Waals surface area contributed by atoms with Crippen LogP contribution in [-0.2, 0) is 10.0 Å². The molecule has 0 heterocycles. The summed E-state index contributed by atoms with van der Waals surface area (Å²) in [5, 5.41) is 0. The molecule has 0 fully saturated rings. The summed E-state index contributed by atoms with van der Waals surface area (Å²) in [5.74, 6) is 1.83. The Morgan fingerprint density at radius 1 is 0.651 bits per heavy atom. The molecule has 236 valence electrons. The largest absolute Gasteiger partial charge is 0.493 e. The van der Waals surface area contributed by atoms with Crippen LogP contribution in [0, 0.1) is 0 Å². The average Bonchev–Trinajstić information content (AvgIpc) is 2.99. The number of nitrogens with two attached hydrogens (primary N) is 5. The fourth-order valence-electron chi connectivity index (χ4n) is 4.11. The Kier molecular flexibility index (Phi) is 11.7. The van der Waals surface area contributed by atoms with E-state index >= 15 is 0 Å². The van der Waals surface area contributed by atoms with Gasteiger partial charge in [0, 0.05) is 18.8 Å². The highest BCUT2D eigenvalue weighted by Crippen LogP contribution is 2.40. The fraction of sp³-hybridized carbons (Fsp3) is 0.357. The first-order valence-corrected chi connectivity index (χ1v) is 14.6. The Morgan fingerprint density at radius 2 is 1.00 bits per heavy atom. The number of hydrogen-bond donors (Lipinski definition) is 5. The molecular weight excluding hydrogens is 580 g/mol. The topological polar surface area (TPSA) is 223 Å². The zero-order valence-electron chi connectivity index (χ0n) is 24.6. The maximum absolute atomic E-state index is 13.7. The molecular formula is C28H40N6O8S. The Balaban J connectivity index is 1.86. The summed E-state index contributed by atoms with van der Waals surface area (Å²) >= 11 is 0. The summed E-state index contributed by atoms with van der Waals surface area (Å²) in [4.78, 5) is 0.0506. The Morgan fingerprint density at radius 3 is 1.30 bits per heavy atom. The summed E-state index contributed by atoms with van der Waals surface area (Å²) < 4.78 is 62.3. The van der Waals surface area contributed by atoms with Gasteiger partial charge in [0.15, 0.2) is 23.0 Å². The lowest BCUT2D eigenvalue weighted by Crippen LogP contribution is -2.37. The number of nitrogens with zero attached hydrogens (tertiary/aromatic N) is 1.